The first kappa shape index (κ1) is 13.2. The minimum atomic E-state index is -0.0407. The van der Waals surface area contributed by atoms with Crippen molar-refractivity contribution in [3.8, 4) is 0 Å². The second-order valence-corrected chi connectivity index (χ2v) is 6.67. The summed E-state index contributed by atoms with van der Waals surface area (Å²) in [5.74, 6) is 1.17. The van der Waals surface area contributed by atoms with Gasteiger partial charge < -0.3 is 5.32 Å². The van der Waals surface area contributed by atoms with Gasteiger partial charge in [-0.1, -0.05) is 11.6 Å². The molecule has 2 rings (SSSR count). The quantitative estimate of drug-likeness (QED) is 0.912. The number of hydrogen-bond donors (Lipinski definition) is 1. The molecule has 1 atom stereocenters. The summed E-state index contributed by atoms with van der Waals surface area (Å²) in [6, 6.07) is 5.20. The van der Waals surface area contributed by atoms with Crippen molar-refractivity contribution in [2.24, 2.45) is 0 Å². The molecule has 1 N–H and O–H groups in total. The van der Waals surface area contributed by atoms with Gasteiger partial charge in [0.2, 0.25) is 0 Å². The van der Waals surface area contributed by atoms with Crippen LogP contribution in [0.4, 0.5) is 0 Å². The lowest BCUT2D eigenvalue weighted by atomic mass is 10.2. The van der Waals surface area contributed by atoms with Crippen LogP contribution in [0.1, 0.15) is 23.2 Å². The number of halogens is 2. The van der Waals surface area contributed by atoms with E-state index in [2.05, 4.69) is 21.2 Å². The van der Waals surface area contributed by atoms with Crippen LogP contribution in [0, 0.1) is 0 Å². The van der Waals surface area contributed by atoms with Gasteiger partial charge in [0, 0.05) is 21.3 Å². The summed E-state index contributed by atoms with van der Waals surface area (Å²) in [6.45, 7) is 0.749. The molecule has 5 heteroatoms. The van der Waals surface area contributed by atoms with Crippen LogP contribution in [-0.4, -0.2) is 23.5 Å². The standard InChI is InChI=1S/C12H13BrClNOS/c13-11-6-8(14)3-4-10(11)12(16)15-7-9-2-1-5-17-9/h3-4,6,9H,1-2,5,7H2,(H,15,16). The summed E-state index contributed by atoms with van der Waals surface area (Å²) in [7, 11) is 0. The van der Waals surface area contributed by atoms with Gasteiger partial charge in [-0.3, -0.25) is 4.79 Å². The smallest absolute Gasteiger partial charge is 0.252 e. The Hall–Kier alpha value is -0.190. The van der Waals surface area contributed by atoms with Gasteiger partial charge in [-0.2, -0.15) is 11.8 Å². The molecule has 1 amide bonds. The first-order valence-corrected chi connectivity index (χ1v) is 7.73. The third kappa shape index (κ3) is 3.63. The summed E-state index contributed by atoms with van der Waals surface area (Å²) in [6.07, 6.45) is 2.46. The SMILES string of the molecule is O=C(NCC1CCCS1)c1ccc(Cl)cc1Br. The number of nitrogens with one attached hydrogen (secondary N) is 1. The van der Waals surface area contributed by atoms with Gasteiger partial charge in [0.1, 0.15) is 0 Å². The Labute approximate surface area is 119 Å². The number of rotatable bonds is 3. The van der Waals surface area contributed by atoms with E-state index in [-0.39, 0.29) is 5.91 Å². The van der Waals surface area contributed by atoms with Crippen molar-refractivity contribution in [1.29, 1.82) is 0 Å². The van der Waals surface area contributed by atoms with Crippen molar-refractivity contribution in [3.05, 3.63) is 33.3 Å². The number of thioether (sulfide) groups is 1. The summed E-state index contributed by atoms with van der Waals surface area (Å²) in [5.41, 5.74) is 0.636. The second-order valence-electron chi connectivity index (χ2n) is 3.97. The van der Waals surface area contributed by atoms with E-state index in [0.29, 0.717) is 15.8 Å². The van der Waals surface area contributed by atoms with Crippen molar-refractivity contribution in [2.45, 2.75) is 18.1 Å². The van der Waals surface area contributed by atoms with Crippen LogP contribution in [0.15, 0.2) is 22.7 Å². The average Bonchev–Trinajstić information content (AvgIpc) is 2.78. The predicted octanol–water partition coefficient (Wildman–Crippen LogP) is 3.73. The molecule has 1 unspecified atom stereocenters. The lowest BCUT2D eigenvalue weighted by Gasteiger charge is -2.11. The zero-order valence-corrected chi connectivity index (χ0v) is 12.4. The van der Waals surface area contributed by atoms with Gasteiger partial charge in [0.05, 0.1) is 5.56 Å². The van der Waals surface area contributed by atoms with Gasteiger partial charge in [-0.25, -0.2) is 0 Å². The maximum atomic E-state index is 11.9. The molecule has 1 aliphatic rings. The molecule has 0 radical (unpaired) electrons. The molecule has 0 spiro atoms. The largest absolute Gasteiger partial charge is 0.351 e. The van der Waals surface area contributed by atoms with E-state index in [1.54, 1.807) is 18.2 Å². The minimum absolute atomic E-state index is 0.0407. The Kier molecular flexibility index (Phi) is 4.77. The number of hydrogen-bond acceptors (Lipinski definition) is 2. The lowest BCUT2D eigenvalue weighted by molar-refractivity contribution is 0.0953. The molecule has 0 aliphatic carbocycles. The first-order chi connectivity index (χ1) is 8.16. The monoisotopic (exact) mass is 333 g/mol. The summed E-state index contributed by atoms with van der Waals surface area (Å²) in [4.78, 5) is 11.9. The van der Waals surface area contributed by atoms with Gasteiger partial charge in [-0.05, 0) is 52.7 Å². The second kappa shape index (κ2) is 6.12. The molecular weight excluding hydrogens is 322 g/mol. The van der Waals surface area contributed by atoms with E-state index < -0.39 is 0 Å². The average molecular weight is 335 g/mol. The molecule has 92 valence electrons. The van der Waals surface area contributed by atoms with E-state index in [1.807, 2.05) is 11.8 Å². The normalized spacial score (nSPS) is 19.3. The van der Waals surface area contributed by atoms with Crippen molar-refractivity contribution in [3.63, 3.8) is 0 Å². The van der Waals surface area contributed by atoms with Crippen LogP contribution >= 0.6 is 39.3 Å². The fraction of sp³-hybridized carbons (Fsp3) is 0.417. The first-order valence-electron chi connectivity index (χ1n) is 5.51. The maximum Gasteiger partial charge on any atom is 0.252 e. The van der Waals surface area contributed by atoms with E-state index in [4.69, 9.17) is 11.6 Å². The molecule has 1 saturated heterocycles. The highest BCUT2D eigenvalue weighted by Crippen LogP contribution is 2.26. The Morgan fingerprint density at radius 3 is 3.06 bits per heavy atom. The Morgan fingerprint density at radius 2 is 2.41 bits per heavy atom. The fourth-order valence-corrected chi connectivity index (χ4v) is 3.84. The van der Waals surface area contributed by atoms with Crippen LogP contribution < -0.4 is 5.32 Å². The summed E-state index contributed by atoms with van der Waals surface area (Å²) in [5, 5.41) is 4.17. The number of carbonyl (C=O) groups excluding carboxylic acids is 1. The maximum absolute atomic E-state index is 11.9. The van der Waals surface area contributed by atoms with Gasteiger partial charge in [0.25, 0.3) is 5.91 Å². The molecule has 0 bridgehead atoms. The Bertz CT molecular complexity index is 421. The van der Waals surface area contributed by atoms with Crippen molar-refractivity contribution in [1.82, 2.24) is 5.32 Å². The van der Waals surface area contributed by atoms with Crippen LogP contribution in [0.25, 0.3) is 0 Å². The van der Waals surface area contributed by atoms with Gasteiger partial charge in [-0.15, -0.1) is 0 Å². The van der Waals surface area contributed by atoms with Crippen molar-refractivity contribution >= 4 is 45.2 Å². The van der Waals surface area contributed by atoms with Gasteiger partial charge >= 0.3 is 0 Å². The number of benzene rings is 1. The molecule has 1 aromatic carbocycles. The molecule has 1 fully saturated rings. The van der Waals surface area contributed by atoms with Crippen LogP contribution in [0.3, 0.4) is 0 Å². The van der Waals surface area contributed by atoms with Crippen molar-refractivity contribution < 1.29 is 4.79 Å². The number of carbonyl (C=O) groups is 1. The van der Waals surface area contributed by atoms with E-state index in [1.165, 1.54) is 18.6 Å². The van der Waals surface area contributed by atoms with Crippen LogP contribution in [0.5, 0.6) is 0 Å². The summed E-state index contributed by atoms with van der Waals surface area (Å²) < 4.78 is 0.738. The molecule has 0 aromatic heterocycles. The molecule has 17 heavy (non-hydrogen) atoms. The highest BCUT2D eigenvalue weighted by Gasteiger charge is 2.17. The molecule has 1 heterocycles. The van der Waals surface area contributed by atoms with Gasteiger partial charge in [0.15, 0.2) is 0 Å². The highest BCUT2D eigenvalue weighted by atomic mass is 79.9. The Balaban J connectivity index is 1.94. The zero-order chi connectivity index (χ0) is 12.3. The molecule has 0 saturated carbocycles. The third-order valence-corrected chi connectivity index (χ3v) is 4.98. The zero-order valence-electron chi connectivity index (χ0n) is 9.21. The number of amides is 1. The molecular formula is C12H13BrClNOS. The predicted molar refractivity (Wildman–Crippen MR) is 77.0 cm³/mol. The lowest BCUT2D eigenvalue weighted by Crippen LogP contribution is -2.29. The minimum Gasteiger partial charge on any atom is -0.351 e. The van der Waals surface area contributed by atoms with Crippen LogP contribution in [-0.2, 0) is 0 Å². The van der Waals surface area contributed by atoms with Crippen LogP contribution in [0.2, 0.25) is 5.02 Å². The highest BCUT2D eigenvalue weighted by molar-refractivity contribution is 9.10. The Morgan fingerprint density at radius 1 is 1.59 bits per heavy atom. The topological polar surface area (TPSA) is 29.1 Å². The molecule has 1 aromatic rings. The molecule has 2 nitrogen and oxygen atoms in total. The van der Waals surface area contributed by atoms with E-state index in [0.717, 1.165) is 11.0 Å². The van der Waals surface area contributed by atoms with E-state index >= 15 is 0 Å². The van der Waals surface area contributed by atoms with E-state index in [9.17, 15) is 4.79 Å². The fourth-order valence-electron chi connectivity index (χ4n) is 1.78. The summed E-state index contributed by atoms with van der Waals surface area (Å²) >= 11 is 11.1. The van der Waals surface area contributed by atoms with Crippen molar-refractivity contribution in [2.75, 3.05) is 12.3 Å². The third-order valence-electron chi connectivity index (χ3n) is 2.69. The molecule has 1 aliphatic heterocycles.